The number of carbonyl (C=O) groups excluding carboxylic acids is 1. The van der Waals surface area contributed by atoms with Crippen LogP contribution in [0.5, 0.6) is 5.75 Å². The lowest BCUT2D eigenvalue weighted by Crippen LogP contribution is -2.29. The van der Waals surface area contributed by atoms with Gasteiger partial charge in [-0.3, -0.25) is 4.79 Å². The number of aliphatic hydroxyl groups is 2. The van der Waals surface area contributed by atoms with Crippen LogP contribution in [0.1, 0.15) is 39.6 Å². The van der Waals surface area contributed by atoms with Gasteiger partial charge in [0.2, 0.25) is 0 Å². The van der Waals surface area contributed by atoms with E-state index in [9.17, 15) is 20.1 Å². The summed E-state index contributed by atoms with van der Waals surface area (Å²) in [6.07, 6.45) is -2.39. The molecule has 3 rings (SSSR count). The van der Waals surface area contributed by atoms with E-state index in [-0.39, 0.29) is 30.1 Å². The number of carbonyl (C=O) groups is 1. The van der Waals surface area contributed by atoms with Crippen molar-refractivity contribution in [1.82, 2.24) is 0 Å². The highest BCUT2D eigenvalue weighted by Crippen LogP contribution is 2.41. The molecule has 0 radical (unpaired) electrons. The van der Waals surface area contributed by atoms with Crippen LogP contribution in [0.15, 0.2) is 6.07 Å². The second-order valence-electron chi connectivity index (χ2n) is 4.46. The first kappa shape index (κ1) is 10.7. The summed E-state index contributed by atoms with van der Waals surface area (Å²) < 4.78 is 5.20. The highest BCUT2D eigenvalue weighted by atomic mass is 16.5. The third-order valence-electron chi connectivity index (χ3n) is 3.39. The zero-order valence-corrected chi connectivity index (χ0v) is 9.01. The van der Waals surface area contributed by atoms with Crippen molar-refractivity contribution in [3.05, 3.63) is 28.3 Å². The molecule has 0 bridgehead atoms. The molecule has 1 aliphatic heterocycles. The molecule has 0 spiro atoms. The van der Waals surface area contributed by atoms with E-state index in [1.54, 1.807) is 6.07 Å². The second kappa shape index (κ2) is 3.53. The molecule has 0 fully saturated rings. The highest BCUT2D eigenvalue weighted by molar-refractivity contribution is 6.02. The van der Waals surface area contributed by atoms with Crippen LogP contribution in [0.4, 0.5) is 0 Å². The van der Waals surface area contributed by atoms with Crippen molar-refractivity contribution in [3.8, 4) is 5.75 Å². The Morgan fingerprint density at radius 3 is 2.82 bits per heavy atom. The number of fused-ring (bicyclic) bond motifs is 2. The first-order valence-electron chi connectivity index (χ1n) is 5.44. The summed E-state index contributed by atoms with van der Waals surface area (Å²) in [6.45, 7) is 0.632. The maximum Gasteiger partial charge on any atom is 0.169 e. The molecule has 0 amide bonds. The zero-order valence-electron chi connectivity index (χ0n) is 9.01. The molecule has 2 aliphatic rings. The van der Waals surface area contributed by atoms with Crippen molar-refractivity contribution >= 4 is 5.78 Å². The molecule has 1 aromatic rings. The average molecular weight is 236 g/mol. The monoisotopic (exact) mass is 236 g/mol. The lowest BCUT2D eigenvalue weighted by molar-refractivity contribution is 0.00838. The number of ether oxygens (including phenoxy) is 1. The minimum absolute atomic E-state index is 0.106. The van der Waals surface area contributed by atoms with Crippen molar-refractivity contribution < 1.29 is 24.9 Å². The van der Waals surface area contributed by atoms with Crippen LogP contribution >= 0.6 is 0 Å². The third kappa shape index (κ3) is 1.40. The molecule has 17 heavy (non-hydrogen) atoms. The van der Waals surface area contributed by atoms with Crippen LogP contribution < -0.4 is 0 Å². The van der Waals surface area contributed by atoms with Gasteiger partial charge in [-0.2, -0.15) is 0 Å². The van der Waals surface area contributed by atoms with Gasteiger partial charge in [-0.1, -0.05) is 0 Å². The minimum Gasteiger partial charge on any atom is -0.507 e. The van der Waals surface area contributed by atoms with Gasteiger partial charge >= 0.3 is 0 Å². The van der Waals surface area contributed by atoms with E-state index < -0.39 is 12.2 Å². The normalized spacial score (nSPS) is 26.8. The number of phenols is 1. The summed E-state index contributed by atoms with van der Waals surface area (Å²) in [6, 6.07) is 1.64. The molecular weight excluding hydrogens is 224 g/mol. The third-order valence-corrected chi connectivity index (χ3v) is 3.39. The van der Waals surface area contributed by atoms with E-state index in [1.165, 1.54) is 0 Å². The molecule has 0 saturated heterocycles. The molecule has 5 nitrogen and oxygen atoms in total. The van der Waals surface area contributed by atoms with E-state index in [4.69, 9.17) is 4.74 Å². The van der Waals surface area contributed by atoms with Crippen LogP contribution in [-0.2, 0) is 18.0 Å². The standard InChI is InChI=1S/C12H12O5/c13-8-2-9(14)11(15)6-1-5-3-17-4-7(5)12(16)10(6)8/h1,9,11,14-16H,2-4H2/t9-,11+/m1/s1. The number of Topliss-reactive ketones (excluding diaryl/α,β-unsaturated/α-hetero) is 1. The number of hydrogen-bond donors (Lipinski definition) is 3. The van der Waals surface area contributed by atoms with Crippen LogP contribution in [0.25, 0.3) is 0 Å². The number of benzene rings is 1. The number of aliphatic hydroxyl groups excluding tert-OH is 2. The highest BCUT2D eigenvalue weighted by Gasteiger charge is 2.36. The molecule has 0 saturated carbocycles. The first-order chi connectivity index (χ1) is 8.09. The largest absolute Gasteiger partial charge is 0.507 e. The van der Waals surface area contributed by atoms with E-state index in [0.29, 0.717) is 17.7 Å². The van der Waals surface area contributed by atoms with Crippen LogP contribution in [-0.4, -0.2) is 27.2 Å². The SMILES string of the molecule is O=C1C[C@@H](O)[C@@H](O)c2cc3c(c(O)c21)COC3. The Morgan fingerprint density at radius 2 is 2.06 bits per heavy atom. The Kier molecular flexibility index (Phi) is 2.22. The Labute approximate surface area is 97.3 Å². The van der Waals surface area contributed by atoms with E-state index in [0.717, 1.165) is 5.56 Å². The summed E-state index contributed by atoms with van der Waals surface area (Å²) >= 11 is 0. The Balaban J connectivity index is 2.26. The maximum absolute atomic E-state index is 11.8. The van der Waals surface area contributed by atoms with E-state index in [2.05, 4.69) is 0 Å². The number of hydrogen-bond acceptors (Lipinski definition) is 5. The smallest absolute Gasteiger partial charge is 0.169 e. The first-order valence-corrected chi connectivity index (χ1v) is 5.44. The zero-order chi connectivity index (χ0) is 12.2. The molecule has 1 aromatic carbocycles. The lowest BCUT2D eigenvalue weighted by Gasteiger charge is -2.26. The summed E-state index contributed by atoms with van der Waals surface area (Å²) in [5, 5.41) is 29.4. The molecule has 2 atom stereocenters. The predicted molar refractivity (Wildman–Crippen MR) is 56.5 cm³/mol. The maximum atomic E-state index is 11.8. The molecule has 3 N–H and O–H groups in total. The number of aromatic hydroxyl groups is 1. The summed E-state index contributed by atoms with van der Waals surface area (Å²) in [5.74, 6) is -0.448. The van der Waals surface area contributed by atoms with Crippen LogP contribution in [0.2, 0.25) is 0 Å². The van der Waals surface area contributed by atoms with Gasteiger partial charge in [-0.15, -0.1) is 0 Å². The fourth-order valence-electron chi connectivity index (χ4n) is 2.48. The van der Waals surface area contributed by atoms with Crippen LogP contribution in [0, 0.1) is 0 Å². The lowest BCUT2D eigenvalue weighted by atomic mass is 9.83. The quantitative estimate of drug-likeness (QED) is 0.607. The van der Waals surface area contributed by atoms with Crippen molar-refractivity contribution in [3.63, 3.8) is 0 Å². The van der Waals surface area contributed by atoms with Gasteiger partial charge < -0.3 is 20.1 Å². The van der Waals surface area contributed by atoms with Crippen molar-refractivity contribution in [2.24, 2.45) is 0 Å². The minimum atomic E-state index is -1.13. The summed E-state index contributed by atoms with van der Waals surface area (Å²) in [7, 11) is 0. The van der Waals surface area contributed by atoms with Gasteiger partial charge in [-0.05, 0) is 17.2 Å². The average Bonchev–Trinajstić information content (AvgIpc) is 2.74. The van der Waals surface area contributed by atoms with Gasteiger partial charge in [0.15, 0.2) is 5.78 Å². The molecule has 5 heteroatoms. The second-order valence-corrected chi connectivity index (χ2v) is 4.46. The fourth-order valence-corrected chi connectivity index (χ4v) is 2.48. The molecule has 1 heterocycles. The van der Waals surface area contributed by atoms with Gasteiger partial charge in [0.05, 0.1) is 24.9 Å². The number of phenolic OH excluding ortho intramolecular Hbond substituents is 1. The Bertz CT molecular complexity index is 508. The van der Waals surface area contributed by atoms with Crippen molar-refractivity contribution in [2.45, 2.75) is 31.8 Å². The fraction of sp³-hybridized carbons (Fsp3) is 0.417. The molecule has 90 valence electrons. The van der Waals surface area contributed by atoms with Crippen LogP contribution in [0.3, 0.4) is 0 Å². The van der Waals surface area contributed by atoms with Crippen molar-refractivity contribution in [1.29, 1.82) is 0 Å². The van der Waals surface area contributed by atoms with Gasteiger partial charge in [0.1, 0.15) is 11.9 Å². The van der Waals surface area contributed by atoms with Gasteiger partial charge in [0.25, 0.3) is 0 Å². The molecule has 0 aromatic heterocycles. The molecule has 1 aliphatic carbocycles. The molecular formula is C12H12O5. The Hall–Kier alpha value is -1.43. The van der Waals surface area contributed by atoms with Crippen molar-refractivity contribution in [2.75, 3.05) is 0 Å². The summed E-state index contributed by atoms with van der Waals surface area (Å²) in [4.78, 5) is 11.8. The molecule has 0 unspecified atom stereocenters. The van der Waals surface area contributed by atoms with E-state index in [1.807, 2.05) is 0 Å². The van der Waals surface area contributed by atoms with Gasteiger partial charge in [-0.25, -0.2) is 0 Å². The van der Waals surface area contributed by atoms with E-state index >= 15 is 0 Å². The topological polar surface area (TPSA) is 87.0 Å². The summed E-state index contributed by atoms with van der Waals surface area (Å²) in [5.41, 5.74) is 1.81. The number of rotatable bonds is 0. The predicted octanol–water partition coefficient (Wildman–Crippen LogP) is 0.403. The Morgan fingerprint density at radius 1 is 1.29 bits per heavy atom. The number of ketones is 1. The van der Waals surface area contributed by atoms with Gasteiger partial charge in [0, 0.05) is 12.0 Å².